The molecule has 0 aromatic heterocycles. The second-order valence-corrected chi connectivity index (χ2v) is 7.92. The first-order valence-corrected chi connectivity index (χ1v) is 9.50. The van der Waals surface area contributed by atoms with E-state index in [1.54, 1.807) is 4.90 Å². The van der Waals surface area contributed by atoms with Crippen LogP contribution in [0.1, 0.15) is 52.4 Å². The number of sulfone groups is 1. The average Bonchev–Trinajstić information content (AvgIpc) is 2.76. The van der Waals surface area contributed by atoms with Gasteiger partial charge < -0.3 is 10.6 Å². The van der Waals surface area contributed by atoms with Crippen LogP contribution in [0.25, 0.3) is 0 Å². The lowest BCUT2D eigenvalue weighted by molar-refractivity contribution is -0.134. The monoisotopic (exact) mass is 304 g/mol. The van der Waals surface area contributed by atoms with Gasteiger partial charge in [-0.25, -0.2) is 8.42 Å². The quantitative estimate of drug-likeness (QED) is 0.733. The predicted octanol–water partition coefficient (Wildman–Crippen LogP) is 1.32. The smallest absolute Gasteiger partial charge is 0.239 e. The van der Waals surface area contributed by atoms with Crippen LogP contribution in [0.2, 0.25) is 0 Å². The van der Waals surface area contributed by atoms with E-state index in [9.17, 15) is 13.2 Å². The van der Waals surface area contributed by atoms with Gasteiger partial charge in [0.25, 0.3) is 0 Å². The third-order valence-electron chi connectivity index (χ3n) is 3.87. The van der Waals surface area contributed by atoms with Crippen molar-refractivity contribution in [3.63, 3.8) is 0 Å². The molecule has 2 atom stereocenters. The lowest BCUT2D eigenvalue weighted by Crippen LogP contribution is -2.49. The highest BCUT2D eigenvalue weighted by Crippen LogP contribution is 2.19. The van der Waals surface area contributed by atoms with Crippen LogP contribution >= 0.6 is 0 Å². The van der Waals surface area contributed by atoms with E-state index in [1.165, 1.54) is 0 Å². The Morgan fingerprint density at radius 2 is 1.95 bits per heavy atom. The molecule has 20 heavy (non-hydrogen) atoms. The number of rotatable bonds is 8. The van der Waals surface area contributed by atoms with E-state index in [1.807, 2.05) is 0 Å². The summed E-state index contributed by atoms with van der Waals surface area (Å²) >= 11 is 0. The van der Waals surface area contributed by atoms with Crippen LogP contribution in [0.4, 0.5) is 0 Å². The van der Waals surface area contributed by atoms with Crippen LogP contribution in [0, 0.1) is 0 Å². The summed E-state index contributed by atoms with van der Waals surface area (Å²) in [4.78, 5) is 14.2. The van der Waals surface area contributed by atoms with E-state index in [0.29, 0.717) is 19.4 Å². The molecule has 1 heterocycles. The number of unbranched alkanes of at least 4 members (excludes halogenated alkanes) is 2. The molecule has 6 heteroatoms. The fraction of sp³-hybridized carbons (Fsp3) is 0.929. The van der Waals surface area contributed by atoms with E-state index in [0.717, 1.165) is 25.7 Å². The summed E-state index contributed by atoms with van der Waals surface area (Å²) in [5.41, 5.74) is 5.97. The summed E-state index contributed by atoms with van der Waals surface area (Å²) in [6.07, 6.45) is 5.04. The van der Waals surface area contributed by atoms with Crippen molar-refractivity contribution in [3.8, 4) is 0 Å². The van der Waals surface area contributed by atoms with Crippen molar-refractivity contribution in [1.82, 2.24) is 4.90 Å². The van der Waals surface area contributed by atoms with Gasteiger partial charge in [0, 0.05) is 12.6 Å². The van der Waals surface area contributed by atoms with Crippen LogP contribution in [-0.4, -0.2) is 49.4 Å². The Kier molecular flexibility index (Phi) is 6.95. The second-order valence-electron chi connectivity index (χ2n) is 5.69. The molecule has 0 saturated carbocycles. The summed E-state index contributed by atoms with van der Waals surface area (Å²) in [5.74, 6) is 0.217. The van der Waals surface area contributed by atoms with Crippen molar-refractivity contribution in [2.24, 2.45) is 5.73 Å². The van der Waals surface area contributed by atoms with Crippen LogP contribution in [0.15, 0.2) is 0 Å². The minimum Gasteiger partial charge on any atom is -0.337 e. The molecule has 118 valence electrons. The highest BCUT2D eigenvalue weighted by Gasteiger charge is 2.35. The van der Waals surface area contributed by atoms with Crippen LogP contribution in [0.3, 0.4) is 0 Å². The van der Waals surface area contributed by atoms with Gasteiger partial charge >= 0.3 is 0 Å². The summed E-state index contributed by atoms with van der Waals surface area (Å²) in [7, 11) is -2.98. The van der Waals surface area contributed by atoms with E-state index in [-0.39, 0.29) is 23.5 Å². The molecule has 0 spiro atoms. The molecule has 1 aliphatic heterocycles. The zero-order chi connectivity index (χ0) is 15.2. The molecule has 2 N–H and O–H groups in total. The lowest BCUT2D eigenvalue weighted by Gasteiger charge is -2.30. The van der Waals surface area contributed by atoms with Gasteiger partial charge in [-0.3, -0.25) is 4.79 Å². The Balaban J connectivity index is 2.70. The van der Waals surface area contributed by atoms with E-state index in [4.69, 9.17) is 5.73 Å². The van der Waals surface area contributed by atoms with Gasteiger partial charge in [-0.2, -0.15) is 0 Å². The largest absolute Gasteiger partial charge is 0.337 e. The van der Waals surface area contributed by atoms with Gasteiger partial charge in [-0.05, 0) is 19.3 Å². The maximum Gasteiger partial charge on any atom is 0.239 e. The van der Waals surface area contributed by atoms with Gasteiger partial charge in [-0.15, -0.1) is 0 Å². The molecule has 1 aliphatic rings. The fourth-order valence-electron chi connectivity index (χ4n) is 2.58. The zero-order valence-electron chi connectivity index (χ0n) is 12.7. The third-order valence-corrected chi connectivity index (χ3v) is 5.62. The molecule has 1 rings (SSSR count). The van der Waals surface area contributed by atoms with Crippen molar-refractivity contribution < 1.29 is 13.2 Å². The summed E-state index contributed by atoms with van der Waals surface area (Å²) < 4.78 is 23.2. The van der Waals surface area contributed by atoms with Crippen molar-refractivity contribution in [2.45, 2.75) is 64.5 Å². The molecule has 1 fully saturated rings. The van der Waals surface area contributed by atoms with Gasteiger partial charge in [-0.1, -0.05) is 33.1 Å². The van der Waals surface area contributed by atoms with Crippen LogP contribution < -0.4 is 5.73 Å². The Hall–Kier alpha value is -0.620. The Bertz CT molecular complexity index is 409. The number of hydrogen-bond donors (Lipinski definition) is 1. The highest BCUT2D eigenvalue weighted by molar-refractivity contribution is 7.91. The van der Waals surface area contributed by atoms with Crippen LogP contribution in [-0.2, 0) is 14.6 Å². The number of carbonyl (C=O) groups excluding carboxylic acids is 1. The molecule has 0 bridgehead atoms. The van der Waals surface area contributed by atoms with Crippen molar-refractivity contribution in [1.29, 1.82) is 0 Å². The minimum absolute atomic E-state index is 0.0750. The predicted molar refractivity (Wildman–Crippen MR) is 81.2 cm³/mol. The molecule has 1 saturated heterocycles. The standard InChI is InChI=1S/C14H28N2O3S/c1-3-5-7-13(15)14(17)16(9-6-4-2)12-8-10-20(18,19)11-12/h12-13H,3-11,15H2,1-2H3/t12?,13-/m0/s1. The summed E-state index contributed by atoms with van der Waals surface area (Å²) in [6, 6.07) is -0.665. The van der Waals surface area contributed by atoms with Crippen molar-refractivity contribution in [2.75, 3.05) is 18.1 Å². The van der Waals surface area contributed by atoms with Gasteiger partial charge in [0.15, 0.2) is 9.84 Å². The Labute approximate surface area is 122 Å². The first-order valence-electron chi connectivity index (χ1n) is 7.67. The van der Waals surface area contributed by atoms with Gasteiger partial charge in [0.2, 0.25) is 5.91 Å². The van der Waals surface area contributed by atoms with Gasteiger partial charge in [0.1, 0.15) is 0 Å². The summed E-state index contributed by atoms with van der Waals surface area (Å²) in [6.45, 7) is 4.75. The minimum atomic E-state index is -2.98. The molecule has 1 amide bonds. The molecule has 0 aliphatic carbocycles. The second kappa shape index (κ2) is 7.98. The topological polar surface area (TPSA) is 80.5 Å². The maximum absolute atomic E-state index is 12.5. The Morgan fingerprint density at radius 1 is 1.30 bits per heavy atom. The highest BCUT2D eigenvalue weighted by atomic mass is 32.2. The molecule has 0 aromatic carbocycles. The first kappa shape index (κ1) is 17.4. The van der Waals surface area contributed by atoms with E-state index >= 15 is 0 Å². The molecule has 0 radical (unpaired) electrons. The number of hydrogen-bond acceptors (Lipinski definition) is 4. The molecule has 1 unspecified atom stereocenters. The number of nitrogens with two attached hydrogens (primary N) is 1. The lowest BCUT2D eigenvalue weighted by atomic mass is 10.1. The van der Waals surface area contributed by atoms with Gasteiger partial charge in [0.05, 0.1) is 17.5 Å². The molecule has 0 aromatic rings. The average molecular weight is 304 g/mol. The third kappa shape index (κ3) is 5.05. The van der Waals surface area contributed by atoms with Crippen molar-refractivity contribution >= 4 is 15.7 Å². The van der Waals surface area contributed by atoms with Crippen LogP contribution in [0.5, 0.6) is 0 Å². The number of amides is 1. The maximum atomic E-state index is 12.5. The molecule has 5 nitrogen and oxygen atoms in total. The van der Waals surface area contributed by atoms with E-state index < -0.39 is 15.9 Å². The number of nitrogens with zero attached hydrogens (tertiary/aromatic N) is 1. The Morgan fingerprint density at radius 3 is 2.45 bits per heavy atom. The molecular weight excluding hydrogens is 276 g/mol. The normalized spacial score (nSPS) is 22.6. The SMILES string of the molecule is CCCC[C@H](N)C(=O)N(CCCC)C1CCS(=O)(=O)C1. The van der Waals surface area contributed by atoms with E-state index in [2.05, 4.69) is 13.8 Å². The summed E-state index contributed by atoms with van der Waals surface area (Å²) in [5, 5.41) is 0. The fourth-order valence-corrected chi connectivity index (χ4v) is 4.31. The number of carbonyl (C=O) groups is 1. The first-order chi connectivity index (χ1) is 9.41. The molecular formula is C14H28N2O3S. The zero-order valence-corrected chi connectivity index (χ0v) is 13.5. The van der Waals surface area contributed by atoms with Crippen molar-refractivity contribution in [3.05, 3.63) is 0 Å².